The van der Waals surface area contributed by atoms with Crippen molar-refractivity contribution in [3.63, 3.8) is 0 Å². The van der Waals surface area contributed by atoms with E-state index in [1.54, 1.807) is 0 Å². The summed E-state index contributed by atoms with van der Waals surface area (Å²) in [5.74, 6) is 3.64. The summed E-state index contributed by atoms with van der Waals surface area (Å²) in [5, 5.41) is 4.65. The van der Waals surface area contributed by atoms with E-state index in [0.717, 1.165) is 41.0 Å². The van der Waals surface area contributed by atoms with Crippen molar-refractivity contribution >= 4 is 40.8 Å². The number of nitrogens with zero attached hydrogens (tertiary/aromatic N) is 2. The second kappa shape index (κ2) is 6.42. The Balaban J connectivity index is 1.98. The minimum Gasteiger partial charge on any atom is -0.370 e. The Labute approximate surface area is 138 Å². The summed E-state index contributed by atoms with van der Waals surface area (Å²) in [5.41, 5.74) is 3.24. The first-order chi connectivity index (χ1) is 10.2. The smallest absolute Gasteiger partial charge is 0.135 e. The highest BCUT2D eigenvalue weighted by molar-refractivity contribution is 7.98. The molecule has 0 saturated carbocycles. The normalized spacial score (nSPS) is 13.3. The van der Waals surface area contributed by atoms with Crippen molar-refractivity contribution in [2.45, 2.75) is 24.9 Å². The molecule has 0 amide bonds. The largest absolute Gasteiger partial charge is 0.370 e. The number of halogens is 2. The van der Waals surface area contributed by atoms with Crippen molar-refractivity contribution in [3.8, 4) is 0 Å². The molecule has 1 aliphatic heterocycles. The molecule has 0 aliphatic carbocycles. The van der Waals surface area contributed by atoms with Crippen LogP contribution in [0.15, 0.2) is 18.2 Å². The zero-order valence-electron chi connectivity index (χ0n) is 11.6. The summed E-state index contributed by atoms with van der Waals surface area (Å²) in [6.07, 6.45) is 0.550. The number of fused-ring (bicyclic) bond motifs is 1. The van der Waals surface area contributed by atoms with Gasteiger partial charge in [0.05, 0.1) is 5.69 Å². The third-order valence-electron chi connectivity index (χ3n) is 3.37. The predicted octanol–water partition coefficient (Wildman–Crippen LogP) is 4.55. The molecule has 1 aromatic heterocycles. The maximum absolute atomic E-state index is 6.24. The van der Waals surface area contributed by atoms with Gasteiger partial charge in [-0.1, -0.05) is 29.3 Å². The van der Waals surface area contributed by atoms with Gasteiger partial charge in [-0.15, -0.1) is 0 Å². The highest BCUT2D eigenvalue weighted by atomic mass is 35.5. The van der Waals surface area contributed by atoms with Crippen molar-refractivity contribution in [2.24, 2.45) is 0 Å². The van der Waals surface area contributed by atoms with Gasteiger partial charge in [0.1, 0.15) is 11.6 Å². The fourth-order valence-electron chi connectivity index (χ4n) is 2.35. The highest BCUT2D eigenvalue weighted by Gasteiger charge is 2.20. The van der Waals surface area contributed by atoms with Crippen molar-refractivity contribution in [1.29, 1.82) is 0 Å². The molecular weight excluding hydrogens is 325 g/mol. The Morgan fingerprint density at radius 2 is 1.95 bits per heavy atom. The molecule has 1 aliphatic rings. The number of thioether (sulfide) groups is 1. The van der Waals surface area contributed by atoms with E-state index >= 15 is 0 Å². The van der Waals surface area contributed by atoms with Gasteiger partial charge < -0.3 is 5.32 Å². The summed E-state index contributed by atoms with van der Waals surface area (Å²) < 4.78 is 0. The average molecular weight is 340 g/mol. The van der Waals surface area contributed by atoms with E-state index in [-0.39, 0.29) is 0 Å². The van der Waals surface area contributed by atoms with E-state index in [2.05, 4.69) is 22.2 Å². The van der Waals surface area contributed by atoms with Crippen LogP contribution in [0.4, 0.5) is 5.82 Å². The maximum atomic E-state index is 6.24. The van der Waals surface area contributed by atoms with Crippen LogP contribution < -0.4 is 5.32 Å². The monoisotopic (exact) mass is 339 g/mol. The molecule has 0 bridgehead atoms. The van der Waals surface area contributed by atoms with Crippen LogP contribution in [-0.4, -0.2) is 16.5 Å². The minimum atomic E-state index is 0.550. The van der Waals surface area contributed by atoms with Gasteiger partial charge in [0, 0.05) is 40.1 Å². The van der Waals surface area contributed by atoms with Crippen LogP contribution in [0, 0.1) is 0 Å². The number of anilines is 1. The van der Waals surface area contributed by atoms with Gasteiger partial charge in [0.25, 0.3) is 0 Å². The van der Waals surface area contributed by atoms with Crippen molar-refractivity contribution in [3.05, 3.63) is 50.9 Å². The van der Waals surface area contributed by atoms with E-state index in [0.29, 0.717) is 16.5 Å². The Hall–Kier alpha value is -0.970. The molecule has 6 heteroatoms. The molecule has 3 rings (SSSR count). The lowest BCUT2D eigenvalue weighted by Crippen LogP contribution is -2.09. The summed E-state index contributed by atoms with van der Waals surface area (Å²) in [4.78, 5) is 9.34. The summed E-state index contributed by atoms with van der Waals surface area (Å²) in [6, 6.07) is 5.53. The lowest BCUT2D eigenvalue weighted by Gasteiger charge is -2.11. The van der Waals surface area contributed by atoms with Crippen LogP contribution in [0.25, 0.3) is 0 Å². The quantitative estimate of drug-likeness (QED) is 0.886. The summed E-state index contributed by atoms with van der Waals surface area (Å²) in [7, 11) is 0. The number of hydrogen-bond donors (Lipinski definition) is 1. The topological polar surface area (TPSA) is 37.8 Å². The molecule has 0 fully saturated rings. The molecule has 0 atom stereocenters. The van der Waals surface area contributed by atoms with E-state index < -0.39 is 0 Å². The molecule has 0 spiro atoms. The van der Waals surface area contributed by atoms with Gasteiger partial charge in [0.2, 0.25) is 0 Å². The molecule has 2 heterocycles. The average Bonchev–Trinajstić information content (AvgIpc) is 2.92. The van der Waals surface area contributed by atoms with Gasteiger partial charge in [-0.05, 0) is 24.6 Å². The maximum Gasteiger partial charge on any atom is 0.135 e. The van der Waals surface area contributed by atoms with E-state index in [1.165, 1.54) is 5.56 Å². The number of aromatic nitrogens is 2. The molecule has 1 aromatic carbocycles. The lowest BCUT2D eigenvalue weighted by atomic mass is 10.1. The minimum absolute atomic E-state index is 0.550. The number of rotatable bonds is 4. The van der Waals surface area contributed by atoms with Gasteiger partial charge in [-0.25, -0.2) is 9.97 Å². The van der Waals surface area contributed by atoms with Crippen LogP contribution in [0.3, 0.4) is 0 Å². The number of hydrogen-bond acceptors (Lipinski definition) is 4. The van der Waals surface area contributed by atoms with Crippen LogP contribution in [-0.2, 0) is 17.9 Å². The molecule has 0 saturated heterocycles. The Bertz CT molecular complexity index is 656. The molecule has 110 valence electrons. The van der Waals surface area contributed by atoms with Crippen molar-refractivity contribution < 1.29 is 0 Å². The molecule has 3 nitrogen and oxygen atoms in total. The van der Waals surface area contributed by atoms with Crippen LogP contribution in [0.2, 0.25) is 10.0 Å². The Kier molecular flexibility index (Phi) is 4.57. The van der Waals surface area contributed by atoms with E-state index in [4.69, 9.17) is 23.2 Å². The Morgan fingerprint density at radius 3 is 2.67 bits per heavy atom. The fourth-order valence-corrected chi connectivity index (χ4v) is 3.93. The second-order valence-corrected chi connectivity index (χ2v) is 6.61. The van der Waals surface area contributed by atoms with Gasteiger partial charge >= 0.3 is 0 Å². The number of nitrogens with one attached hydrogen (secondary N) is 1. The van der Waals surface area contributed by atoms with E-state index in [9.17, 15) is 0 Å². The van der Waals surface area contributed by atoms with Crippen LogP contribution in [0.5, 0.6) is 0 Å². The standard InChI is InChI=1S/C15H15Cl2N3S/c1-2-18-15-10-7-21-8-13(10)19-14(20-15)6-9-11(16)4-3-5-12(9)17/h3-5H,2,6-8H2,1H3,(H,18,19,20). The molecule has 0 radical (unpaired) electrons. The third kappa shape index (κ3) is 3.12. The summed E-state index contributed by atoms with van der Waals surface area (Å²) in [6.45, 7) is 2.92. The molecule has 0 unspecified atom stereocenters. The van der Waals surface area contributed by atoms with Gasteiger partial charge in [0.15, 0.2) is 0 Å². The SMILES string of the molecule is CCNc1nc(Cc2c(Cl)cccc2Cl)nc2c1CSC2. The molecule has 1 N–H and O–H groups in total. The number of benzene rings is 1. The van der Waals surface area contributed by atoms with Crippen LogP contribution >= 0.6 is 35.0 Å². The first-order valence-electron chi connectivity index (χ1n) is 6.82. The zero-order chi connectivity index (χ0) is 14.8. The van der Waals surface area contributed by atoms with Gasteiger partial charge in [-0.3, -0.25) is 0 Å². The molecule has 21 heavy (non-hydrogen) atoms. The third-order valence-corrected chi connectivity index (χ3v) is 5.04. The molecular formula is C15H15Cl2N3S. The van der Waals surface area contributed by atoms with Crippen molar-refractivity contribution in [1.82, 2.24) is 9.97 Å². The first-order valence-corrected chi connectivity index (χ1v) is 8.73. The zero-order valence-corrected chi connectivity index (χ0v) is 13.9. The molecule has 2 aromatic rings. The van der Waals surface area contributed by atoms with Gasteiger partial charge in [-0.2, -0.15) is 11.8 Å². The Morgan fingerprint density at radius 1 is 1.19 bits per heavy atom. The second-order valence-electron chi connectivity index (χ2n) is 4.81. The van der Waals surface area contributed by atoms with Crippen LogP contribution in [0.1, 0.15) is 29.6 Å². The fraction of sp³-hybridized carbons (Fsp3) is 0.333. The van der Waals surface area contributed by atoms with E-state index in [1.807, 2.05) is 30.0 Å². The lowest BCUT2D eigenvalue weighted by molar-refractivity contribution is 0.924. The predicted molar refractivity (Wildman–Crippen MR) is 90.5 cm³/mol. The van der Waals surface area contributed by atoms with Crippen molar-refractivity contribution in [2.75, 3.05) is 11.9 Å². The summed E-state index contributed by atoms with van der Waals surface area (Å²) >= 11 is 14.3. The highest BCUT2D eigenvalue weighted by Crippen LogP contribution is 2.34. The first kappa shape index (κ1) is 14.9.